The summed E-state index contributed by atoms with van der Waals surface area (Å²) in [5, 5.41) is 6.61. The van der Waals surface area contributed by atoms with Crippen molar-refractivity contribution in [2.45, 2.75) is 24.4 Å². The van der Waals surface area contributed by atoms with Crippen LogP contribution in [0.1, 0.15) is 33.5 Å². The normalized spacial score (nSPS) is 18.2. The minimum absolute atomic E-state index is 0.148. The van der Waals surface area contributed by atoms with E-state index in [9.17, 15) is 31.1 Å². The average molecular weight is 549 g/mol. The number of amides is 1. The van der Waals surface area contributed by atoms with Crippen molar-refractivity contribution in [2.75, 3.05) is 12.4 Å². The van der Waals surface area contributed by atoms with E-state index in [1.54, 1.807) is 24.3 Å². The van der Waals surface area contributed by atoms with Crippen LogP contribution in [0.2, 0.25) is 5.02 Å². The zero-order valence-electron chi connectivity index (χ0n) is 18.1. The summed E-state index contributed by atoms with van der Waals surface area (Å²) in [5.74, 6) is -0.235. The third kappa shape index (κ3) is 4.71. The van der Waals surface area contributed by atoms with Gasteiger partial charge in [-0.2, -0.15) is 26.3 Å². The molecule has 0 saturated heterocycles. The van der Waals surface area contributed by atoms with Crippen molar-refractivity contribution in [2.24, 2.45) is 5.16 Å². The fraction of sp³-hybridized carbons (Fsp3) is 0.250. The fourth-order valence-electron chi connectivity index (χ4n) is 4.04. The predicted octanol–water partition coefficient (Wildman–Crippen LogP) is 7.06. The van der Waals surface area contributed by atoms with E-state index in [1.807, 2.05) is 0 Å². The largest absolute Gasteiger partial charge is 0.435 e. The van der Waals surface area contributed by atoms with E-state index in [-0.39, 0.29) is 29.3 Å². The van der Waals surface area contributed by atoms with Gasteiger partial charge < -0.3 is 10.2 Å². The first kappa shape index (κ1) is 26.1. The van der Waals surface area contributed by atoms with Crippen molar-refractivity contribution in [3.63, 3.8) is 0 Å². The van der Waals surface area contributed by atoms with E-state index in [4.69, 9.17) is 28.0 Å². The van der Waals surface area contributed by atoms with Gasteiger partial charge in [-0.3, -0.25) is 4.79 Å². The van der Waals surface area contributed by atoms with Gasteiger partial charge in [0.1, 0.15) is 0 Å². The molecule has 0 saturated carbocycles. The Morgan fingerprint density at radius 1 is 1.03 bits per heavy atom. The second-order valence-corrected chi connectivity index (χ2v) is 8.82. The number of halogens is 8. The molecule has 0 bridgehead atoms. The van der Waals surface area contributed by atoms with Crippen molar-refractivity contribution in [1.82, 2.24) is 5.32 Å². The van der Waals surface area contributed by atoms with E-state index < -0.39 is 46.4 Å². The maximum absolute atomic E-state index is 14.4. The number of carbonyl (C=O) groups excluding carboxylic acids is 1. The number of fused-ring (bicyclic) bond motifs is 1. The van der Waals surface area contributed by atoms with Crippen LogP contribution in [0.5, 0.6) is 0 Å². The Morgan fingerprint density at radius 3 is 2.36 bits per heavy atom. The summed E-state index contributed by atoms with van der Waals surface area (Å²) in [5.41, 5.74) is -5.00. The molecular formula is C24H16Cl2F6N2O2. The second kappa shape index (κ2) is 9.48. The van der Waals surface area contributed by atoms with Gasteiger partial charge in [0, 0.05) is 40.6 Å². The molecule has 4 rings (SSSR count). The molecule has 0 radical (unpaired) electrons. The van der Waals surface area contributed by atoms with Crippen molar-refractivity contribution in [3.05, 3.63) is 81.9 Å². The minimum Gasteiger partial charge on any atom is -0.374 e. The van der Waals surface area contributed by atoms with Gasteiger partial charge in [0.05, 0.1) is 11.3 Å². The van der Waals surface area contributed by atoms with E-state index in [2.05, 4.69) is 10.5 Å². The zero-order valence-corrected chi connectivity index (χ0v) is 19.6. The van der Waals surface area contributed by atoms with Crippen molar-refractivity contribution in [3.8, 4) is 0 Å². The molecule has 1 aliphatic rings. The molecule has 12 heteroatoms. The number of alkyl halides is 7. The molecule has 4 nitrogen and oxygen atoms in total. The molecule has 1 N–H and O–H groups in total. The van der Waals surface area contributed by atoms with Crippen molar-refractivity contribution < 1.29 is 36.0 Å². The number of nitrogens with one attached hydrogen (secondary N) is 1. The number of nitrogens with zero attached hydrogens (tertiary/aromatic N) is 1. The Labute approximate surface area is 210 Å². The number of hydrogen-bond acceptors (Lipinski definition) is 3. The van der Waals surface area contributed by atoms with E-state index in [0.717, 1.165) is 6.07 Å². The van der Waals surface area contributed by atoms with Crippen molar-refractivity contribution in [1.29, 1.82) is 0 Å². The molecule has 0 aromatic heterocycles. The zero-order chi connectivity index (χ0) is 26.3. The number of oxime groups is 1. The first-order valence-electron chi connectivity index (χ1n) is 10.4. The van der Waals surface area contributed by atoms with Crippen LogP contribution in [0.15, 0.2) is 59.8 Å². The SMILES string of the molecule is O=C(NCCCl)c1ccc(C2=NOC(c3cc(Cl)cc(C(F)(F)F)c3)(C(F)(F)F)C2)c2ccccc12. The number of benzene rings is 3. The van der Waals surface area contributed by atoms with Crippen LogP contribution in [0.4, 0.5) is 26.3 Å². The Hall–Kier alpha value is -2.98. The van der Waals surface area contributed by atoms with Crippen molar-refractivity contribution >= 4 is 45.6 Å². The summed E-state index contributed by atoms with van der Waals surface area (Å²) < 4.78 is 83.0. The summed E-state index contributed by atoms with van der Waals surface area (Å²) in [6, 6.07) is 11.0. The molecule has 0 spiro atoms. The Balaban J connectivity index is 1.80. The van der Waals surface area contributed by atoms with E-state index in [1.165, 1.54) is 12.1 Å². The summed E-state index contributed by atoms with van der Waals surface area (Å²) in [6.45, 7) is 0.213. The highest BCUT2D eigenvalue weighted by Gasteiger charge is 2.62. The molecule has 0 fully saturated rings. The molecule has 1 aliphatic heterocycles. The molecule has 1 heterocycles. The summed E-state index contributed by atoms with van der Waals surface area (Å²) in [7, 11) is 0. The Morgan fingerprint density at radius 2 is 1.72 bits per heavy atom. The molecule has 3 aromatic rings. The topological polar surface area (TPSA) is 50.7 Å². The summed E-state index contributed by atoms with van der Waals surface area (Å²) in [4.78, 5) is 17.4. The van der Waals surface area contributed by atoms with Crippen LogP contribution in [-0.2, 0) is 16.6 Å². The maximum atomic E-state index is 14.4. The lowest BCUT2D eigenvalue weighted by atomic mass is 9.84. The molecule has 1 atom stereocenters. The molecule has 0 aliphatic carbocycles. The van der Waals surface area contributed by atoms with Gasteiger partial charge in [0.2, 0.25) is 0 Å². The molecule has 36 heavy (non-hydrogen) atoms. The van der Waals surface area contributed by atoms with E-state index >= 15 is 0 Å². The van der Waals surface area contributed by atoms with Gasteiger partial charge >= 0.3 is 12.4 Å². The van der Waals surface area contributed by atoms with Gasteiger partial charge in [0.15, 0.2) is 0 Å². The highest BCUT2D eigenvalue weighted by atomic mass is 35.5. The number of carbonyl (C=O) groups is 1. The monoisotopic (exact) mass is 548 g/mol. The third-order valence-electron chi connectivity index (χ3n) is 5.74. The van der Waals surface area contributed by atoms with Gasteiger partial charge in [-0.25, -0.2) is 0 Å². The van der Waals surface area contributed by atoms with Gasteiger partial charge in [-0.05, 0) is 35.0 Å². The smallest absolute Gasteiger partial charge is 0.374 e. The maximum Gasteiger partial charge on any atom is 0.435 e. The number of hydrogen-bond donors (Lipinski definition) is 1. The standard InChI is InChI=1S/C24H16Cl2F6N2O2/c25-7-8-33-21(35)19-6-5-18(16-3-1-2-4-17(16)19)20-12-22(36-34-20,24(30,31)32)13-9-14(23(27,28)29)11-15(26)10-13/h1-6,9-11H,7-8,12H2,(H,33,35). The molecular weight excluding hydrogens is 533 g/mol. The van der Waals surface area contributed by atoms with Gasteiger partial charge in [0.25, 0.3) is 11.5 Å². The average Bonchev–Trinajstić information content (AvgIpc) is 3.28. The molecule has 190 valence electrons. The summed E-state index contributed by atoms with van der Waals surface area (Å²) >= 11 is 11.4. The first-order chi connectivity index (χ1) is 16.9. The van der Waals surface area contributed by atoms with Crippen LogP contribution in [0.25, 0.3) is 10.8 Å². The van der Waals surface area contributed by atoms with Crippen LogP contribution >= 0.6 is 23.2 Å². The lowest BCUT2D eigenvalue weighted by Crippen LogP contribution is -2.43. The van der Waals surface area contributed by atoms with Crippen LogP contribution < -0.4 is 5.32 Å². The van der Waals surface area contributed by atoms with Gasteiger partial charge in [-0.1, -0.05) is 47.1 Å². The second-order valence-electron chi connectivity index (χ2n) is 8.01. The molecule has 1 amide bonds. The lowest BCUT2D eigenvalue weighted by Gasteiger charge is -2.30. The quantitative estimate of drug-likeness (QED) is 0.274. The van der Waals surface area contributed by atoms with Gasteiger partial charge in [-0.15, -0.1) is 11.6 Å². The predicted molar refractivity (Wildman–Crippen MR) is 123 cm³/mol. The molecule has 1 unspecified atom stereocenters. The van der Waals surface area contributed by atoms with Crippen LogP contribution in [0, 0.1) is 0 Å². The molecule has 3 aromatic carbocycles. The highest BCUT2D eigenvalue weighted by molar-refractivity contribution is 6.30. The lowest BCUT2D eigenvalue weighted by molar-refractivity contribution is -0.276. The van der Waals surface area contributed by atoms with Crippen LogP contribution in [0.3, 0.4) is 0 Å². The number of rotatable bonds is 5. The summed E-state index contributed by atoms with van der Waals surface area (Å²) in [6.07, 6.45) is -11.0. The fourth-order valence-corrected chi connectivity index (χ4v) is 4.37. The first-order valence-corrected chi connectivity index (χ1v) is 11.3. The Bertz CT molecular complexity index is 1360. The third-order valence-corrected chi connectivity index (χ3v) is 6.14. The van der Waals surface area contributed by atoms with E-state index in [0.29, 0.717) is 22.9 Å². The van der Waals surface area contributed by atoms with Crippen LogP contribution in [-0.4, -0.2) is 30.2 Å². The highest BCUT2D eigenvalue weighted by Crippen LogP contribution is 2.50. The Kier molecular flexibility index (Phi) is 6.87. The minimum atomic E-state index is -5.14.